The van der Waals surface area contributed by atoms with Crippen LogP contribution >= 0.6 is 23.2 Å². The number of aromatic nitrogens is 4. The van der Waals surface area contributed by atoms with Crippen molar-refractivity contribution in [2.45, 2.75) is 70.1 Å². The molecule has 2 heterocycles. The van der Waals surface area contributed by atoms with Gasteiger partial charge < -0.3 is 21.5 Å². The van der Waals surface area contributed by atoms with Crippen LogP contribution in [0.2, 0.25) is 10.0 Å². The van der Waals surface area contributed by atoms with Crippen molar-refractivity contribution in [3.63, 3.8) is 0 Å². The molecule has 2 aliphatic rings. The molecule has 11 heteroatoms. The van der Waals surface area contributed by atoms with Crippen LogP contribution < -0.4 is 16.4 Å². The fourth-order valence-corrected chi connectivity index (χ4v) is 5.85. The molecule has 0 saturated heterocycles. The van der Waals surface area contributed by atoms with Gasteiger partial charge in [0.15, 0.2) is 5.65 Å². The highest BCUT2D eigenvalue weighted by atomic mass is 35.5. The van der Waals surface area contributed by atoms with Gasteiger partial charge in [0.2, 0.25) is 17.8 Å². The highest BCUT2D eigenvalue weighted by Gasteiger charge is 2.30. The molecule has 192 valence electrons. The Bertz CT molecular complexity index is 1240. The molecule has 9 nitrogen and oxygen atoms in total. The van der Waals surface area contributed by atoms with Crippen molar-refractivity contribution in [1.82, 2.24) is 19.5 Å². The zero-order valence-corrected chi connectivity index (χ0v) is 21.6. The molecule has 1 aromatic carbocycles. The fourth-order valence-electron chi connectivity index (χ4n) is 5.35. The predicted octanol–water partition coefficient (Wildman–Crippen LogP) is 5.05. The average molecular weight is 532 g/mol. The first-order chi connectivity index (χ1) is 17.3. The van der Waals surface area contributed by atoms with E-state index >= 15 is 0 Å². The van der Waals surface area contributed by atoms with E-state index in [-0.39, 0.29) is 30.0 Å². The molecule has 2 aromatic heterocycles. The van der Waals surface area contributed by atoms with Crippen molar-refractivity contribution in [3.8, 4) is 0 Å². The molecule has 5 N–H and O–H groups in total. The number of aliphatic hydroxyl groups is 1. The number of nitrogens with one attached hydrogen (secondary N) is 2. The van der Waals surface area contributed by atoms with Crippen molar-refractivity contribution < 1.29 is 9.90 Å². The topological polar surface area (TPSA) is 131 Å². The van der Waals surface area contributed by atoms with E-state index in [2.05, 4.69) is 27.1 Å². The second-order valence-electron chi connectivity index (χ2n) is 10.0. The molecule has 5 rings (SSSR count). The van der Waals surface area contributed by atoms with Crippen LogP contribution in [0.3, 0.4) is 0 Å². The number of rotatable bonds is 6. The van der Waals surface area contributed by atoms with Crippen molar-refractivity contribution in [2.75, 3.05) is 10.6 Å². The van der Waals surface area contributed by atoms with Gasteiger partial charge in [0, 0.05) is 18.0 Å². The number of fused-ring (bicyclic) bond motifs is 1. The maximum atomic E-state index is 11.7. The standard InChI is InChI=1S/C25H31Cl2N7O2/c1-13-5-8-15(11-20(13)35)30-24-29-12-19-23(33-24)34(16-9-6-14(7-10-16)22(28)36)25(31-19)32-21-17(26)3-2-4-18(21)27/h2-4,12-16,20,35H,5-11H2,1H3,(H2,28,36)(H,31,32)(H,29,30,33)/t13-,14?,15-,16?,20?/m1/s1. The molecule has 1 unspecified atom stereocenters. The number of carbonyl (C=O) groups is 1. The van der Waals surface area contributed by atoms with Crippen molar-refractivity contribution in [3.05, 3.63) is 34.4 Å². The number of halogens is 2. The minimum atomic E-state index is -0.331. The second-order valence-corrected chi connectivity index (χ2v) is 10.9. The van der Waals surface area contributed by atoms with Gasteiger partial charge in [-0.05, 0) is 63.0 Å². The van der Waals surface area contributed by atoms with Crippen molar-refractivity contribution in [2.24, 2.45) is 17.6 Å². The number of hydrogen-bond donors (Lipinski definition) is 4. The highest BCUT2D eigenvalue weighted by Crippen LogP contribution is 2.39. The zero-order valence-electron chi connectivity index (χ0n) is 20.1. The summed E-state index contributed by atoms with van der Waals surface area (Å²) < 4.78 is 2.07. The Hall–Kier alpha value is -2.62. The van der Waals surface area contributed by atoms with Gasteiger partial charge in [-0.25, -0.2) is 9.97 Å². The third-order valence-electron chi connectivity index (χ3n) is 7.58. The number of hydrogen-bond acceptors (Lipinski definition) is 7. The lowest BCUT2D eigenvalue weighted by molar-refractivity contribution is -0.122. The van der Waals surface area contributed by atoms with Crippen LogP contribution in [0.25, 0.3) is 11.2 Å². The number of amides is 1. The molecule has 0 aliphatic heterocycles. The van der Waals surface area contributed by atoms with E-state index in [1.807, 2.05) is 0 Å². The van der Waals surface area contributed by atoms with E-state index in [0.717, 1.165) is 25.7 Å². The lowest BCUT2D eigenvalue weighted by Crippen LogP contribution is -2.35. The Morgan fingerprint density at radius 2 is 1.83 bits per heavy atom. The van der Waals surface area contributed by atoms with Crippen molar-refractivity contribution in [1.29, 1.82) is 0 Å². The predicted molar refractivity (Wildman–Crippen MR) is 142 cm³/mol. The Morgan fingerprint density at radius 1 is 1.11 bits per heavy atom. The van der Waals surface area contributed by atoms with Gasteiger partial charge in [0.1, 0.15) is 5.52 Å². The molecule has 2 saturated carbocycles. The van der Waals surface area contributed by atoms with Gasteiger partial charge in [-0.15, -0.1) is 0 Å². The molecule has 0 spiro atoms. The summed E-state index contributed by atoms with van der Waals surface area (Å²) in [6.45, 7) is 2.08. The summed E-state index contributed by atoms with van der Waals surface area (Å²) in [4.78, 5) is 25.9. The minimum Gasteiger partial charge on any atom is -0.393 e. The Morgan fingerprint density at radius 3 is 2.50 bits per heavy atom. The number of aliphatic hydroxyl groups excluding tert-OH is 1. The third-order valence-corrected chi connectivity index (χ3v) is 8.21. The van der Waals surface area contributed by atoms with E-state index < -0.39 is 0 Å². The molecule has 0 bridgehead atoms. The largest absolute Gasteiger partial charge is 0.393 e. The van der Waals surface area contributed by atoms with Crippen LogP contribution in [-0.4, -0.2) is 42.7 Å². The normalized spacial score (nSPS) is 26.6. The molecule has 2 aliphatic carbocycles. The number of para-hydroxylation sites is 1. The molecule has 3 aromatic rings. The second kappa shape index (κ2) is 10.4. The van der Waals surface area contributed by atoms with Gasteiger partial charge in [-0.2, -0.15) is 4.98 Å². The Balaban J connectivity index is 1.49. The van der Waals surface area contributed by atoms with Gasteiger partial charge in [0.25, 0.3) is 0 Å². The van der Waals surface area contributed by atoms with E-state index in [1.165, 1.54) is 0 Å². The van der Waals surface area contributed by atoms with Crippen LogP contribution in [0.5, 0.6) is 0 Å². The van der Waals surface area contributed by atoms with Gasteiger partial charge in [-0.3, -0.25) is 9.36 Å². The Labute approximate surface area is 219 Å². The van der Waals surface area contributed by atoms with Crippen LogP contribution in [0.4, 0.5) is 17.6 Å². The lowest BCUT2D eigenvalue weighted by atomic mass is 9.85. The SMILES string of the molecule is C[C@@H]1CC[C@@H](Nc2ncc3nc(Nc4c(Cl)cccc4Cl)n(C4CCC(C(N)=O)CC4)c3n2)CC1O. The number of imidazole rings is 1. The fraction of sp³-hybridized carbons (Fsp3) is 0.520. The summed E-state index contributed by atoms with van der Waals surface area (Å²) in [6, 6.07) is 5.49. The zero-order chi connectivity index (χ0) is 25.4. The van der Waals surface area contributed by atoms with E-state index in [9.17, 15) is 9.90 Å². The van der Waals surface area contributed by atoms with E-state index in [4.69, 9.17) is 38.9 Å². The third kappa shape index (κ3) is 5.10. The van der Waals surface area contributed by atoms with Crippen molar-refractivity contribution >= 4 is 57.9 Å². The molecule has 1 amide bonds. The maximum Gasteiger partial charge on any atom is 0.224 e. The molecule has 3 atom stereocenters. The Kier molecular flexibility index (Phi) is 7.23. The van der Waals surface area contributed by atoms with E-state index in [0.29, 0.717) is 64.0 Å². The van der Waals surface area contributed by atoms with Crippen LogP contribution in [0.1, 0.15) is 57.9 Å². The molecule has 2 fully saturated rings. The quantitative estimate of drug-likeness (QED) is 0.349. The summed E-state index contributed by atoms with van der Waals surface area (Å²) in [5, 5.41) is 18.0. The maximum absolute atomic E-state index is 11.7. The first kappa shape index (κ1) is 25.0. The first-order valence-electron chi connectivity index (χ1n) is 12.5. The van der Waals surface area contributed by atoms with Crippen LogP contribution in [0.15, 0.2) is 24.4 Å². The number of benzene rings is 1. The summed E-state index contributed by atoms with van der Waals surface area (Å²) in [5.41, 5.74) is 7.46. The van der Waals surface area contributed by atoms with Gasteiger partial charge in [-0.1, -0.05) is 36.2 Å². The van der Waals surface area contributed by atoms with E-state index in [1.54, 1.807) is 24.4 Å². The highest BCUT2D eigenvalue weighted by molar-refractivity contribution is 6.39. The lowest BCUT2D eigenvalue weighted by Gasteiger charge is -2.31. The number of primary amides is 1. The number of nitrogens with two attached hydrogens (primary N) is 1. The molecule has 36 heavy (non-hydrogen) atoms. The van der Waals surface area contributed by atoms with Gasteiger partial charge in [0.05, 0.1) is 28.0 Å². The summed E-state index contributed by atoms with van der Waals surface area (Å²) >= 11 is 12.9. The van der Waals surface area contributed by atoms with Crippen LogP contribution in [-0.2, 0) is 4.79 Å². The number of carbonyl (C=O) groups excluding carboxylic acids is 1. The number of nitrogens with zero attached hydrogens (tertiary/aromatic N) is 4. The van der Waals surface area contributed by atoms with Gasteiger partial charge >= 0.3 is 0 Å². The smallest absolute Gasteiger partial charge is 0.224 e. The summed E-state index contributed by atoms with van der Waals surface area (Å²) in [5.74, 6) is 1.01. The summed E-state index contributed by atoms with van der Waals surface area (Å²) in [6.07, 6.45) is 6.90. The minimum absolute atomic E-state index is 0.0643. The molecular weight excluding hydrogens is 501 g/mol. The molecular formula is C25H31Cl2N7O2. The van der Waals surface area contributed by atoms with Crippen LogP contribution in [0, 0.1) is 11.8 Å². The first-order valence-corrected chi connectivity index (χ1v) is 13.3. The monoisotopic (exact) mass is 531 g/mol. The number of anilines is 3. The summed E-state index contributed by atoms with van der Waals surface area (Å²) in [7, 11) is 0. The molecule has 0 radical (unpaired) electrons. The average Bonchev–Trinajstić information content (AvgIpc) is 3.21.